The maximum absolute atomic E-state index is 0. The molecule has 4 heavy (non-hydrogen) atoms. The second-order valence-corrected chi connectivity index (χ2v) is 0. The van der Waals surface area contributed by atoms with Crippen LogP contribution in [0.4, 0.5) is 0 Å². The molecule has 3 nitrogen and oxygen atoms in total. The molecule has 0 unspecified atom stereocenters. The van der Waals surface area contributed by atoms with Gasteiger partial charge in [0, 0.05) is 21.7 Å². The topological polar surface area (TPSA) is 105 Å². The molecule has 0 rings (SSSR count). The zero-order valence-corrected chi connectivity index (χ0v) is 4.18. The van der Waals surface area contributed by atoms with Crippen LogP contribution in [0.25, 0.3) is 0 Å². The predicted octanol–water partition coefficient (Wildman–Crippen LogP) is 0.483. The fourth-order valence-electron chi connectivity index (χ4n) is 0. The average Bonchev–Trinajstić information content (AvgIpc) is 0. The zero-order valence-electron chi connectivity index (χ0n) is 2.62. The molecule has 0 aromatic carbocycles. The second-order valence-electron chi connectivity index (χ2n) is 0. The van der Waals surface area contributed by atoms with Gasteiger partial charge < -0.3 is 18.5 Å². The van der Waals surface area contributed by atoms with Crippen LogP contribution in [0.15, 0.2) is 0 Å². The average molecular weight is 99.0 g/mol. The van der Waals surface area contributed by atoms with Crippen LogP contribution in [0.2, 0.25) is 0 Å². The van der Waals surface area contributed by atoms with E-state index in [-0.39, 0.29) is 40.2 Å². The van der Waals surface area contributed by atoms with Crippen molar-refractivity contribution in [3.05, 3.63) is 0 Å². The van der Waals surface area contributed by atoms with Crippen molar-refractivity contribution in [1.82, 2.24) is 18.5 Å². The summed E-state index contributed by atoms with van der Waals surface area (Å²) in [6, 6.07) is 0. The molecule has 0 amide bonds. The van der Waals surface area contributed by atoms with Crippen molar-refractivity contribution in [2.75, 3.05) is 0 Å². The Morgan fingerprint density at radius 2 is 0.500 bits per heavy atom. The monoisotopic (exact) mass is 99.0 g/mol. The second kappa shape index (κ2) is 68.5. The van der Waals surface area contributed by atoms with E-state index < -0.39 is 0 Å². The third-order valence-corrected chi connectivity index (χ3v) is 0. The van der Waals surface area contributed by atoms with Crippen molar-refractivity contribution in [3.63, 3.8) is 0 Å². The molecule has 28 valence electrons. The van der Waals surface area contributed by atoms with Crippen LogP contribution in [-0.2, 0) is 21.7 Å². The molecule has 0 fully saturated rings. The molecule has 4 heteroatoms. The van der Waals surface area contributed by atoms with Gasteiger partial charge in [0.05, 0.1) is 0 Å². The molecule has 0 aliphatic rings. The first-order valence-electron chi connectivity index (χ1n) is 0. The molecule has 0 bridgehead atoms. The van der Waals surface area contributed by atoms with Crippen molar-refractivity contribution in [2.24, 2.45) is 0 Å². The minimum atomic E-state index is 0. The van der Waals surface area contributed by atoms with Crippen LogP contribution in [0, 0.1) is 0 Å². The van der Waals surface area contributed by atoms with Crippen molar-refractivity contribution < 1.29 is 21.7 Å². The maximum Gasteiger partial charge on any atom is 0 e. The van der Waals surface area contributed by atoms with E-state index in [0.717, 1.165) is 0 Å². The largest absolute Gasteiger partial charge is 0.344 e. The Balaban J connectivity index is 0. The first kappa shape index (κ1) is 168. The van der Waals surface area contributed by atoms with Gasteiger partial charge in [0.2, 0.25) is 0 Å². The summed E-state index contributed by atoms with van der Waals surface area (Å²) in [4.78, 5) is 0. The fourth-order valence-corrected chi connectivity index (χ4v) is 0. The Morgan fingerprint density at radius 1 is 0.500 bits per heavy atom. The zero-order chi connectivity index (χ0) is 0. The van der Waals surface area contributed by atoms with Gasteiger partial charge in [0.15, 0.2) is 0 Å². The van der Waals surface area contributed by atoms with Crippen LogP contribution in [0.5, 0.6) is 0 Å². The van der Waals surface area contributed by atoms with E-state index >= 15 is 0 Å². The Hall–Kier alpha value is 0.594. The number of hydrogen-bond donors (Lipinski definition) is 3. The molecule has 0 heterocycles. The summed E-state index contributed by atoms with van der Waals surface area (Å²) in [5, 5.41) is 0. The summed E-state index contributed by atoms with van der Waals surface area (Å²) in [5.41, 5.74) is 0. The van der Waals surface area contributed by atoms with Crippen LogP contribution in [0.3, 0.4) is 0 Å². The SMILES string of the molecule is N.N.N.[Ti]. The quantitative estimate of drug-likeness (QED) is 0.384. The fraction of sp³-hybridized carbons (Fsp3) is 0. The van der Waals surface area contributed by atoms with Crippen molar-refractivity contribution in [3.8, 4) is 0 Å². The number of rotatable bonds is 0. The standard InChI is InChI=1S/3H3N.Ti/h3*1H3;. The Bertz CT molecular complexity index is 3.25. The van der Waals surface area contributed by atoms with Crippen LogP contribution >= 0.6 is 0 Å². The molecule has 0 saturated heterocycles. The summed E-state index contributed by atoms with van der Waals surface area (Å²) < 4.78 is 0. The molecule has 0 spiro atoms. The molecule has 0 aliphatic carbocycles. The maximum atomic E-state index is 0. The van der Waals surface area contributed by atoms with Gasteiger partial charge in [-0.1, -0.05) is 0 Å². The van der Waals surface area contributed by atoms with Crippen molar-refractivity contribution >= 4 is 0 Å². The van der Waals surface area contributed by atoms with E-state index in [9.17, 15) is 0 Å². The van der Waals surface area contributed by atoms with E-state index in [2.05, 4.69) is 0 Å². The van der Waals surface area contributed by atoms with Crippen LogP contribution in [-0.4, -0.2) is 0 Å². The molecular weight excluding hydrogens is 89.9 g/mol. The van der Waals surface area contributed by atoms with Gasteiger partial charge in [0.25, 0.3) is 0 Å². The van der Waals surface area contributed by atoms with Gasteiger partial charge in [-0.05, 0) is 0 Å². The van der Waals surface area contributed by atoms with Crippen LogP contribution < -0.4 is 18.5 Å². The Labute approximate surface area is 40.8 Å². The Morgan fingerprint density at radius 3 is 0.500 bits per heavy atom. The Kier molecular flexibility index (Phi) is 2880. The molecule has 0 aromatic rings. The van der Waals surface area contributed by atoms with E-state index in [1.807, 2.05) is 0 Å². The number of hydrogen-bond acceptors (Lipinski definition) is 3. The van der Waals surface area contributed by atoms with E-state index in [1.54, 1.807) is 0 Å². The van der Waals surface area contributed by atoms with Gasteiger partial charge in [0.1, 0.15) is 0 Å². The molecule has 0 aromatic heterocycles. The molecule has 0 radical (unpaired) electrons. The predicted molar refractivity (Wildman–Crippen MR) is 15.1 cm³/mol. The van der Waals surface area contributed by atoms with Crippen LogP contribution in [0.1, 0.15) is 0 Å². The van der Waals surface area contributed by atoms with Gasteiger partial charge >= 0.3 is 0 Å². The van der Waals surface area contributed by atoms with Gasteiger partial charge in [-0.2, -0.15) is 0 Å². The molecule has 9 N–H and O–H groups in total. The molecular formula is H9N3Ti. The third kappa shape index (κ3) is 18.7. The van der Waals surface area contributed by atoms with E-state index in [4.69, 9.17) is 0 Å². The van der Waals surface area contributed by atoms with E-state index in [0.29, 0.717) is 0 Å². The summed E-state index contributed by atoms with van der Waals surface area (Å²) >= 11 is 0. The first-order chi connectivity index (χ1) is 0. The minimum absolute atomic E-state index is 0. The molecule has 0 aliphatic heterocycles. The van der Waals surface area contributed by atoms with Crippen molar-refractivity contribution in [1.29, 1.82) is 0 Å². The summed E-state index contributed by atoms with van der Waals surface area (Å²) in [6.45, 7) is 0. The smallest absolute Gasteiger partial charge is 0 e. The van der Waals surface area contributed by atoms with Gasteiger partial charge in [-0.25, -0.2) is 0 Å². The first-order valence-corrected chi connectivity index (χ1v) is 0. The third-order valence-electron chi connectivity index (χ3n) is 0. The van der Waals surface area contributed by atoms with Crippen molar-refractivity contribution in [2.45, 2.75) is 0 Å². The summed E-state index contributed by atoms with van der Waals surface area (Å²) in [7, 11) is 0. The summed E-state index contributed by atoms with van der Waals surface area (Å²) in [6.07, 6.45) is 0. The van der Waals surface area contributed by atoms with Gasteiger partial charge in [-0.3, -0.25) is 0 Å². The molecule has 0 saturated carbocycles. The minimum Gasteiger partial charge on any atom is -0.344 e. The van der Waals surface area contributed by atoms with E-state index in [1.165, 1.54) is 0 Å². The molecule has 0 atom stereocenters. The normalized spacial score (nSPS) is 0. The summed E-state index contributed by atoms with van der Waals surface area (Å²) in [5.74, 6) is 0. The van der Waals surface area contributed by atoms with Gasteiger partial charge in [-0.15, -0.1) is 0 Å².